The number of halogens is 1. The molecule has 1 aromatic carbocycles. The van der Waals surface area contributed by atoms with E-state index in [1.165, 1.54) is 28.9 Å². The third-order valence-electron chi connectivity index (χ3n) is 2.62. The van der Waals surface area contributed by atoms with Crippen LogP contribution in [-0.2, 0) is 6.54 Å². The summed E-state index contributed by atoms with van der Waals surface area (Å²) < 4.78 is 1.18. The first-order valence-corrected chi connectivity index (χ1v) is 7.16. The summed E-state index contributed by atoms with van der Waals surface area (Å²) in [7, 11) is 0. The lowest BCUT2D eigenvalue weighted by atomic mass is 10.2. The third kappa shape index (κ3) is 3.51. The second-order valence-corrected chi connectivity index (χ2v) is 6.51. The van der Waals surface area contributed by atoms with Crippen LogP contribution in [0.5, 0.6) is 0 Å². The molecule has 1 saturated heterocycles. The van der Waals surface area contributed by atoms with E-state index < -0.39 is 0 Å². The molecule has 1 heterocycles. The maximum absolute atomic E-state index is 3.52. The van der Waals surface area contributed by atoms with Crippen LogP contribution >= 0.6 is 27.7 Å². The fraction of sp³-hybridized carbons (Fsp3) is 0.500. The van der Waals surface area contributed by atoms with Gasteiger partial charge >= 0.3 is 0 Å². The number of benzene rings is 1. The summed E-state index contributed by atoms with van der Waals surface area (Å²) in [4.78, 5) is 2.54. The molecule has 15 heavy (non-hydrogen) atoms. The van der Waals surface area contributed by atoms with E-state index >= 15 is 0 Å². The zero-order valence-electron chi connectivity index (χ0n) is 8.95. The predicted octanol–water partition coefficient (Wildman–Crippen LogP) is 3.39. The summed E-state index contributed by atoms with van der Waals surface area (Å²) in [5.74, 6) is 1.27. The first kappa shape index (κ1) is 11.5. The topological polar surface area (TPSA) is 3.24 Å². The highest BCUT2D eigenvalue weighted by atomic mass is 79.9. The van der Waals surface area contributed by atoms with Crippen LogP contribution in [0.25, 0.3) is 0 Å². The quantitative estimate of drug-likeness (QED) is 0.820. The van der Waals surface area contributed by atoms with Gasteiger partial charge in [-0.3, -0.25) is 4.90 Å². The molecule has 0 spiro atoms. The van der Waals surface area contributed by atoms with E-state index in [0.29, 0.717) is 0 Å². The van der Waals surface area contributed by atoms with Crippen molar-refractivity contribution in [1.29, 1.82) is 0 Å². The SMILES string of the molecule is CC1CN(Cc2cccc(Br)c2)CCS1. The molecule has 1 fully saturated rings. The normalized spacial score (nSPS) is 22.9. The van der Waals surface area contributed by atoms with E-state index in [1.54, 1.807) is 0 Å². The Balaban J connectivity index is 1.96. The summed E-state index contributed by atoms with van der Waals surface area (Å²) in [5.41, 5.74) is 1.41. The minimum absolute atomic E-state index is 0.783. The Kier molecular flexibility index (Phi) is 4.12. The van der Waals surface area contributed by atoms with Crippen LogP contribution in [0.3, 0.4) is 0 Å². The van der Waals surface area contributed by atoms with Gasteiger partial charge in [0.15, 0.2) is 0 Å². The fourth-order valence-electron chi connectivity index (χ4n) is 1.93. The fourth-order valence-corrected chi connectivity index (χ4v) is 3.46. The van der Waals surface area contributed by atoms with Gasteiger partial charge in [-0.15, -0.1) is 0 Å². The van der Waals surface area contributed by atoms with Crippen molar-refractivity contribution in [3.05, 3.63) is 34.3 Å². The van der Waals surface area contributed by atoms with E-state index in [9.17, 15) is 0 Å². The highest BCUT2D eigenvalue weighted by molar-refractivity contribution is 9.10. The maximum Gasteiger partial charge on any atom is 0.0234 e. The van der Waals surface area contributed by atoms with Crippen LogP contribution < -0.4 is 0 Å². The van der Waals surface area contributed by atoms with Crippen molar-refractivity contribution in [2.75, 3.05) is 18.8 Å². The summed E-state index contributed by atoms with van der Waals surface area (Å²) in [6, 6.07) is 8.61. The Labute approximate surface area is 104 Å². The average molecular weight is 286 g/mol. The molecular weight excluding hydrogens is 270 g/mol. The van der Waals surface area contributed by atoms with Gasteiger partial charge in [-0.1, -0.05) is 35.0 Å². The molecule has 0 amide bonds. The van der Waals surface area contributed by atoms with Crippen molar-refractivity contribution in [2.45, 2.75) is 18.7 Å². The van der Waals surface area contributed by atoms with Gasteiger partial charge in [0, 0.05) is 35.1 Å². The minimum Gasteiger partial charge on any atom is -0.297 e. The second kappa shape index (κ2) is 5.37. The summed E-state index contributed by atoms with van der Waals surface area (Å²) in [6.45, 7) is 5.85. The molecule has 1 nitrogen and oxygen atoms in total. The number of nitrogens with zero attached hydrogens (tertiary/aromatic N) is 1. The summed E-state index contributed by atoms with van der Waals surface area (Å²) in [5, 5.41) is 0.783. The van der Waals surface area contributed by atoms with Gasteiger partial charge in [-0.25, -0.2) is 0 Å². The maximum atomic E-state index is 3.52. The molecule has 1 unspecified atom stereocenters. The lowest BCUT2D eigenvalue weighted by Gasteiger charge is -2.30. The second-order valence-electron chi connectivity index (χ2n) is 4.05. The molecule has 0 aliphatic carbocycles. The van der Waals surface area contributed by atoms with Crippen molar-refractivity contribution in [3.8, 4) is 0 Å². The highest BCUT2D eigenvalue weighted by Crippen LogP contribution is 2.20. The van der Waals surface area contributed by atoms with Crippen LogP contribution in [0, 0.1) is 0 Å². The van der Waals surface area contributed by atoms with Gasteiger partial charge in [0.1, 0.15) is 0 Å². The Bertz CT molecular complexity index is 329. The van der Waals surface area contributed by atoms with Gasteiger partial charge in [0.25, 0.3) is 0 Å². The van der Waals surface area contributed by atoms with Crippen molar-refractivity contribution < 1.29 is 0 Å². The Morgan fingerprint density at radius 1 is 1.53 bits per heavy atom. The Morgan fingerprint density at radius 2 is 2.40 bits per heavy atom. The van der Waals surface area contributed by atoms with Gasteiger partial charge < -0.3 is 0 Å². The molecule has 1 aromatic rings. The lowest BCUT2D eigenvalue weighted by molar-refractivity contribution is 0.278. The monoisotopic (exact) mass is 285 g/mol. The smallest absolute Gasteiger partial charge is 0.0234 e. The van der Waals surface area contributed by atoms with Crippen LogP contribution in [-0.4, -0.2) is 29.0 Å². The lowest BCUT2D eigenvalue weighted by Crippen LogP contribution is -2.35. The van der Waals surface area contributed by atoms with Crippen molar-refractivity contribution in [1.82, 2.24) is 4.90 Å². The van der Waals surface area contributed by atoms with E-state index in [1.807, 2.05) is 0 Å². The van der Waals surface area contributed by atoms with Crippen LogP contribution in [0.15, 0.2) is 28.7 Å². The van der Waals surface area contributed by atoms with E-state index in [0.717, 1.165) is 11.8 Å². The third-order valence-corrected chi connectivity index (χ3v) is 4.25. The molecule has 82 valence electrons. The van der Waals surface area contributed by atoms with Gasteiger partial charge in [0.2, 0.25) is 0 Å². The first-order valence-electron chi connectivity index (χ1n) is 5.32. The van der Waals surface area contributed by atoms with Crippen LogP contribution in [0.4, 0.5) is 0 Å². The molecule has 0 bridgehead atoms. The standard InChI is InChI=1S/C12H16BrNS/c1-10-8-14(5-6-15-10)9-11-3-2-4-12(13)7-11/h2-4,7,10H,5-6,8-9H2,1H3. The largest absolute Gasteiger partial charge is 0.297 e. The number of hydrogen-bond donors (Lipinski definition) is 0. The minimum atomic E-state index is 0.783. The molecule has 0 saturated carbocycles. The Hall–Kier alpha value is 0.01000. The average Bonchev–Trinajstić information content (AvgIpc) is 2.17. The van der Waals surface area contributed by atoms with Gasteiger partial charge in [-0.2, -0.15) is 11.8 Å². The summed E-state index contributed by atoms with van der Waals surface area (Å²) >= 11 is 5.60. The first-order chi connectivity index (χ1) is 7.24. The van der Waals surface area contributed by atoms with E-state index in [-0.39, 0.29) is 0 Å². The molecule has 3 heteroatoms. The van der Waals surface area contributed by atoms with Crippen molar-refractivity contribution in [3.63, 3.8) is 0 Å². The van der Waals surface area contributed by atoms with Gasteiger partial charge in [0.05, 0.1) is 0 Å². The zero-order valence-corrected chi connectivity index (χ0v) is 11.4. The zero-order chi connectivity index (χ0) is 10.7. The molecule has 0 aromatic heterocycles. The Morgan fingerprint density at radius 3 is 3.13 bits per heavy atom. The van der Waals surface area contributed by atoms with Crippen molar-refractivity contribution in [2.24, 2.45) is 0 Å². The number of hydrogen-bond acceptors (Lipinski definition) is 2. The van der Waals surface area contributed by atoms with E-state index in [2.05, 4.69) is 63.8 Å². The molecule has 0 radical (unpaired) electrons. The van der Waals surface area contributed by atoms with Crippen LogP contribution in [0.2, 0.25) is 0 Å². The molecule has 0 N–H and O–H groups in total. The molecule has 2 rings (SSSR count). The molecule has 1 aliphatic heterocycles. The number of rotatable bonds is 2. The highest BCUT2D eigenvalue weighted by Gasteiger charge is 2.16. The molecular formula is C12H16BrNS. The van der Waals surface area contributed by atoms with Gasteiger partial charge in [-0.05, 0) is 17.7 Å². The molecule has 1 aliphatic rings. The predicted molar refractivity (Wildman–Crippen MR) is 71.3 cm³/mol. The summed E-state index contributed by atoms with van der Waals surface area (Å²) in [6.07, 6.45) is 0. The number of thioether (sulfide) groups is 1. The van der Waals surface area contributed by atoms with Crippen molar-refractivity contribution >= 4 is 27.7 Å². The molecule has 1 atom stereocenters. The van der Waals surface area contributed by atoms with E-state index in [4.69, 9.17) is 0 Å². The van der Waals surface area contributed by atoms with Crippen LogP contribution in [0.1, 0.15) is 12.5 Å².